The predicted molar refractivity (Wildman–Crippen MR) is 96.6 cm³/mol. The van der Waals surface area contributed by atoms with E-state index in [2.05, 4.69) is 32.4 Å². The smallest absolute Gasteiger partial charge is 0.157 e. The Morgan fingerprint density at radius 3 is 2.58 bits per heavy atom. The van der Waals surface area contributed by atoms with Gasteiger partial charge in [0.05, 0.1) is 0 Å². The second-order valence-electron chi connectivity index (χ2n) is 5.52. The van der Waals surface area contributed by atoms with Crippen LogP contribution in [-0.2, 0) is 13.1 Å². The summed E-state index contributed by atoms with van der Waals surface area (Å²) in [7, 11) is 1.97. The highest BCUT2D eigenvalue weighted by Crippen LogP contribution is 2.26. The van der Waals surface area contributed by atoms with Gasteiger partial charge in [-0.15, -0.1) is 0 Å². The van der Waals surface area contributed by atoms with E-state index < -0.39 is 0 Å². The number of nitrogens with zero attached hydrogens (tertiary/aromatic N) is 4. The summed E-state index contributed by atoms with van der Waals surface area (Å²) < 4.78 is 0. The van der Waals surface area contributed by atoms with Crippen molar-refractivity contribution in [2.24, 2.45) is 0 Å². The van der Waals surface area contributed by atoms with Gasteiger partial charge in [0, 0.05) is 32.5 Å². The molecule has 1 aromatic carbocycles. The van der Waals surface area contributed by atoms with Crippen LogP contribution < -0.4 is 16.0 Å². The van der Waals surface area contributed by atoms with Gasteiger partial charge in [0.15, 0.2) is 11.6 Å². The maximum Gasteiger partial charge on any atom is 0.157 e. The first kappa shape index (κ1) is 15.7. The maximum absolute atomic E-state index is 6.26. The lowest BCUT2D eigenvalue weighted by atomic mass is 10.2. The normalized spacial score (nSPS) is 10.4. The molecule has 3 aromatic rings. The average Bonchev–Trinajstić information content (AvgIpc) is 2.62. The largest absolute Gasteiger partial charge is 0.393 e. The molecule has 2 heterocycles. The fraction of sp³-hybridized carbons (Fsp3) is 0.167. The molecule has 24 heavy (non-hydrogen) atoms. The lowest BCUT2D eigenvalue weighted by Crippen LogP contribution is -2.20. The van der Waals surface area contributed by atoms with Crippen LogP contribution in [0.25, 0.3) is 0 Å². The van der Waals surface area contributed by atoms with Gasteiger partial charge in [0.25, 0.3) is 0 Å². The molecule has 0 spiro atoms. The van der Waals surface area contributed by atoms with Crippen molar-refractivity contribution >= 4 is 17.3 Å². The Hall–Kier alpha value is -3.15. The van der Waals surface area contributed by atoms with Crippen molar-refractivity contribution in [3.8, 4) is 0 Å². The van der Waals surface area contributed by atoms with Crippen molar-refractivity contribution in [3.05, 3.63) is 72.3 Å². The number of nitrogen functional groups attached to an aromatic ring is 1. The minimum atomic E-state index is 0.542. The van der Waals surface area contributed by atoms with Crippen molar-refractivity contribution in [3.63, 3.8) is 0 Å². The molecule has 0 bridgehead atoms. The monoisotopic (exact) mass is 320 g/mol. The molecule has 0 aliphatic carbocycles. The Labute approximate surface area is 141 Å². The van der Waals surface area contributed by atoms with E-state index in [1.807, 2.05) is 48.5 Å². The summed E-state index contributed by atoms with van der Waals surface area (Å²) in [4.78, 5) is 14.7. The summed E-state index contributed by atoms with van der Waals surface area (Å²) in [5, 5.41) is 3.25. The van der Waals surface area contributed by atoms with Crippen LogP contribution in [0.3, 0.4) is 0 Å². The van der Waals surface area contributed by atoms with E-state index in [4.69, 9.17) is 5.73 Å². The van der Waals surface area contributed by atoms with Crippen LogP contribution in [0.4, 0.5) is 17.3 Å². The van der Waals surface area contributed by atoms with E-state index in [-0.39, 0.29) is 0 Å². The molecule has 0 amide bonds. The van der Waals surface area contributed by atoms with Crippen molar-refractivity contribution < 1.29 is 0 Å². The first-order valence-electron chi connectivity index (χ1n) is 7.72. The van der Waals surface area contributed by atoms with Gasteiger partial charge in [-0.1, -0.05) is 36.4 Å². The van der Waals surface area contributed by atoms with Crippen LogP contribution in [0, 0.1) is 0 Å². The Balaban J connectivity index is 1.73. The first-order valence-corrected chi connectivity index (χ1v) is 7.72. The lowest BCUT2D eigenvalue weighted by molar-refractivity contribution is 0.893. The van der Waals surface area contributed by atoms with E-state index in [9.17, 15) is 0 Å². The molecule has 0 aliphatic rings. The van der Waals surface area contributed by atoms with Crippen LogP contribution in [0.2, 0.25) is 0 Å². The lowest BCUT2D eigenvalue weighted by Gasteiger charge is -2.21. The zero-order valence-electron chi connectivity index (χ0n) is 13.6. The minimum Gasteiger partial charge on any atom is -0.393 e. The molecule has 2 aromatic heterocycles. The van der Waals surface area contributed by atoms with E-state index in [1.165, 1.54) is 11.9 Å². The molecule has 0 saturated heterocycles. The van der Waals surface area contributed by atoms with Gasteiger partial charge < -0.3 is 16.0 Å². The highest BCUT2D eigenvalue weighted by atomic mass is 15.2. The topological polar surface area (TPSA) is 80.0 Å². The van der Waals surface area contributed by atoms with Crippen molar-refractivity contribution in [1.29, 1.82) is 0 Å². The van der Waals surface area contributed by atoms with Gasteiger partial charge in [0.2, 0.25) is 0 Å². The molecule has 0 radical (unpaired) electrons. The number of rotatable bonds is 6. The van der Waals surface area contributed by atoms with Crippen molar-refractivity contribution in [2.45, 2.75) is 13.1 Å². The number of hydrogen-bond acceptors (Lipinski definition) is 6. The Kier molecular flexibility index (Phi) is 4.86. The number of benzene rings is 1. The molecule has 0 unspecified atom stereocenters. The van der Waals surface area contributed by atoms with Crippen molar-refractivity contribution in [1.82, 2.24) is 15.0 Å². The Bertz CT molecular complexity index is 776. The quantitative estimate of drug-likeness (QED) is 0.727. The summed E-state index contributed by atoms with van der Waals surface area (Å²) in [5.74, 6) is 1.34. The van der Waals surface area contributed by atoms with Crippen LogP contribution in [0.1, 0.15) is 11.1 Å². The molecule has 0 saturated carbocycles. The average molecular weight is 320 g/mol. The Morgan fingerprint density at radius 1 is 1.04 bits per heavy atom. The third-order valence-electron chi connectivity index (χ3n) is 3.67. The second kappa shape index (κ2) is 7.41. The molecule has 0 fully saturated rings. The summed E-state index contributed by atoms with van der Waals surface area (Å²) >= 11 is 0. The SMILES string of the molecule is CN(Cc1ccccc1)c1ncnc(NCc2cccnc2)c1N. The van der Waals surface area contributed by atoms with E-state index in [0.29, 0.717) is 23.9 Å². The van der Waals surface area contributed by atoms with Gasteiger partial charge >= 0.3 is 0 Å². The van der Waals surface area contributed by atoms with Crippen LogP contribution >= 0.6 is 0 Å². The summed E-state index contributed by atoms with van der Waals surface area (Å²) in [5.41, 5.74) is 9.06. The molecular weight excluding hydrogens is 300 g/mol. The van der Waals surface area contributed by atoms with Gasteiger partial charge in [0.1, 0.15) is 12.0 Å². The van der Waals surface area contributed by atoms with E-state index >= 15 is 0 Å². The molecular formula is C18H20N6. The standard InChI is InChI=1S/C18H20N6/c1-24(12-14-6-3-2-4-7-14)18-16(19)17(22-13-23-18)21-11-15-8-5-9-20-10-15/h2-10,13H,11-12,19H2,1H3,(H,21,22,23). The molecule has 6 heteroatoms. The number of nitrogens with two attached hydrogens (primary N) is 1. The summed E-state index contributed by atoms with van der Waals surface area (Å²) in [6.45, 7) is 1.33. The molecule has 122 valence electrons. The fourth-order valence-electron chi connectivity index (χ4n) is 2.45. The summed E-state index contributed by atoms with van der Waals surface area (Å²) in [6.07, 6.45) is 5.09. The number of anilines is 3. The highest BCUT2D eigenvalue weighted by Gasteiger charge is 2.12. The van der Waals surface area contributed by atoms with E-state index in [0.717, 1.165) is 12.1 Å². The number of aromatic nitrogens is 3. The molecule has 3 N–H and O–H groups in total. The zero-order valence-corrected chi connectivity index (χ0v) is 13.6. The van der Waals surface area contributed by atoms with Gasteiger partial charge in [-0.25, -0.2) is 9.97 Å². The Morgan fingerprint density at radius 2 is 1.83 bits per heavy atom. The second-order valence-corrected chi connectivity index (χ2v) is 5.52. The van der Waals surface area contributed by atoms with E-state index in [1.54, 1.807) is 6.20 Å². The van der Waals surface area contributed by atoms with Gasteiger partial charge in [-0.2, -0.15) is 0 Å². The fourth-order valence-corrected chi connectivity index (χ4v) is 2.45. The van der Waals surface area contributed by atoms with Gasteiger partial charge in [-0.3, -0.25) is 4.98 Å². The minimum absolute atomic E-state index is 0.542. The number of pyridine rings is 1. The summed E-state index contributed by atoms with van der Waals surface area (Å²) in [6, 6.07) is 14.1. The predicted octanol–water partition coefficient (Wildman–Crippen LogP) is 2.70. The molecule has 3 rings (SSSR count). The third kappa shape index (κ3) is 3.78. The van der Waals surface area contributed by atoms with Gasteiger partial charge in [-0.05, 0) is 17.2 Å². The number of hydrogen-bond donors (Lipinski definition) is 2. The van der Waals surface area contributed by atoms with Crippen LogP contribution in [0.5, 0.6) is 0 Å². The van der Waals surface area contributed by atoms with Crippen LogP contribution in [0.15, 0.2) is 61.2 Å². The molecule has 0 aliphatic heterocycles. The highest BCUT2D eigenvalue weighted by molar-refractivity contribution is 5.74. The van der Waals surface area contributed by atoms with Crippen LogP contribution in [-0.4, -0.2) is 22.0 Å². The maximum atomic E-state index is 6.26. The molecule has 0 atom stereocenters. The first-order chi connectivity index (χ1) is 11.7. The number of nitrogens with one attached hydrogen (secondary N) is 1. The zero-order chi connectivity index (χ0) is 16.8. The third-order valence-corrected chi connectivity index (χ3v) is 3.67. The van der Waals surface area contributed by atoms with Crippen molar-refractivity contribution in [2.75, 3.05) is 23.0 Å². The molecule has 6 nitrogen and oxygen atoms in total.